The minimum absolute atomic E-state index is 0.123. The van der Waals surface area contributed by atoms with E-state index in [-0.39, 0.29) is 17.0 Å². The second-order valence-electron chi connectivity index (χ2n) is 11.7. The summed E-state index contributed by atoms with van der Waals surface area (Å²) >= 11 is 0. The normalized spacial score (nSPS) is 21.7. The first-order valence-corrected chi connectivity index (χ1v) is 15.4. The molecule has 3 atom stereocenters. The summed E-state index contributed by atoms with van der Waals surface area (Å²) in [6, 6.07) is 10.6. The molecule has 2 saturated heterocycles. The Hall–Kier alpha value is -3.63. The molecule has 5 rings (SSSR count). The standard InChI is InChI=1S/C33H41FN4O5/c1-4-33(5-2,32(42)35-15-16-36-17-19-43-20-18-36)28-14-13-27(23-9-8-10-24(34)21-23)38(28)29(39)22(3)37-30(40)25-11-6-7-12-26(25)31(37)41/h6-12,21-22,27-28H,4-5,13-20H2,1-3H3,(H,35,42)/t22-,27+,28-/m1/s1. The minimum Gasteiger partial charge on any atom is -0.379 e. The molecule has 0 unspecified atom stereocenters. The lowest BCUT2D eigenvalue weighted by Crippen LogP contribution is -2.58. The molecule has 9 nitrogen and oxygen atoms in total. The number of likely N-dealkylation sites (tertiary alicyclic amines) is 1. The van der Waals surface area contributed by atoms with Gasteiger partial charge in [0.1, 0.15) is 11.9 Å². The van der Waals surface area contributed by atoms with Crippen molar-refractivity contribution >= 4 is 23.6 Å². The number of amides is 4. The Balaban J connectivity index is 1.45. The Labute approximate surface area is 252 Å². The van der Waals surface area contributed by atoms with Gasteiger partial charge in [0.15, 0.2) is 0 Å². The van der Waals surface area contributed by atoms with Crippen LogP contribution in [0.3, 0.4) is 0 Å². The SMILES string of the molecule is CCC(CC)(C(=O)NCCN1CCOCC1)[C@H]1CC[C@@H](c2cccc(F)c2)N1C(=O)[C@@H](C)N1C(=O)c2ccccc2C1=O. The maximum atomic E-state index is 14.5. The number of imide groups is 1. The van der Waals surface area contributed by atoms with Crippen LogP contribution in [0, 0.1) is 11.2 Å². The van der Waals surface area contributed by atoms with Crippen molar-refractivity contribution in [2.24, 2.45) is 5.41 Å². The molecule has 3 heterocycles. The fourth-order valence-electron chi connectivity index (χ4n) is 7.11. The Morgan fingerprint density at radius 1 is 1.00 bits per heavy atom. The van der Waals surface area contributed by atoms with Crippen molar-refractivity contribution < 1.29 is 28.3 Å². The molecule has 2 aromatic carbocycles. The Morgan fingerprint density at radius 2 is 1.65 bits per heavy atom. The van der Waals surface area contributed by atoms with Crippen LogP contribution < -0.4 is 5.32 Å². The van der Waals surface area contributed by atoms with Gasteiger partial charge in [-0.3, -0.25) is 29.0 Å². The van der Waals surface area contributed by atoms with Gasteiger partial charge in [-0.1, -0.05) is 38.1 Å². The maximum absolute atomic E-state index is 14.5. The van der Waals surface area contributed by atoms with Gasteiger partial charge in [-0.2, -0.15) is 0 Å². The van der Waals surface area contributed by atoms with Crippen LogP contribution in [0.25, 0.3) is 0 Å². The number of nitrogens with zero attached hydrogens (tertiary/aromatic N) is 3. The van der Waals surface area contributed by atoms with Gasteiger partial charge in [-0.15, -0.1) is 0 Å². The highest BCUT2D eigenvalue weighted by Crippen LogP contribution is 2.47. The zero-order valence-corrected chi connectivity index (χ0v) is 25.2. The molecule has 0 radical (unpaired) electrons. The summed E-state index contributed by atoms with van der Waals surface area (Å²) in [6.45, 7) is 9.63. The third-order valence-electron chi connectivity index (χ3n) is 9.61. The summed E-state index contributed by atoms with van der Waals surface area (Å²) in [4.78, 5) is 60.1. The van der Waals surface area contributed by atoms with Gasteiger partial charge >= 0.3 is 0 Å². The van der Waals surface area contributed by atoms with E-state index in [1.807, 2.05) is 13.8 Å². The summed E-state index contributed by atoms with van der Waals surface area (Å²) in [5.74, 6) is -2.00. The predicted molar refractivity (Wildman–Crippen MR) is 159 cm³/mol. The van der Waals surface area contributed by atoms with Crippen LogP contribution in [-0.4, -0.2) is 89.8 Å². The average Bonchev–Trinajstić information content (AvgIpc) is 3.57. The van der Waals surface area contributed by atoms with E-state index < -0.39 is 47.1 Å². The van der Waals surface area contributed by atoms with Crippen LogP contribution in [0.4, 0.5) is 4.39 Å². The molecule has 230 valence electrons. The number of morpholine rings is 1. The fraction of sp³-hybridized carbons (Fsp3) is 0.515. The van der Waals surface area contributed by atoms with Crippen molar-refractivity contribution in [2.75, 3.05) is 39.4 Å². The first-order valence-electron chi connectivity index (χ1n) is 15.4. The predicted octanol–water partition coefficient (Wildman–Crippen LogP) is 3.80. The molecule has 0 bridgehead atoms. The maximum Gasteiger partial charge on any atom is 0.262 e. The minimum atomic E-state index is -1.11. The van der Waals surface area contributed by atoms with Gasteiger partial charge in [-0.05, 0) is 62.4 Å². The number of benzene rings is 2. The topological polar surface area (TPSA) is 99.3 Å². The highest BCUT2D eigenvalue weighted by Gasteiger charge is 2.54. The van der Waals surface area contributed by atoms with E-state index in [2.05, 4.69) is 10.2 Å². The second kappa shape index (κ2) is 12.9. The van der Waals surface area contributed by atoms with Crippen LogP contribution in [0.1, 0.15) is 78.8 Å². The average molecular weight is 593 g/mol. The monoisotopic (exact) mass is 592 g/mol. The fourth-order valence-corrected chi connectivity index (χ4v) is 7.11. The van der Waals surface area contributed by atoms with Gasteiger partial charge in [0.2, 0.25) is 11.8 Å². The second-order valence-corrected chi connectivity index (χ2v) is 11.7. The molecule has 2 fully saturated rings. The lowest BCUT2D eigenvalue weighted by atomic mass is 9.73. The number of rotatable bonds is 10. The largest absolute Gasteiger partial charge is 0.379 e. The first kappa shape index (κ1) is 30.8. The van der Waals surface area contributed by atoms with E-state index in [1.165, 1.54) is 12.1 Å². The zero-order chi connectivity index (χ0) is 30.7. The lowest BCUT2D eigenvalue weighted by molar-refractivity contribution is -0.146. The molecule has 3 aliphatic heterocycles. The molecular formula is C33H41FN4O5. The number of fused-ring (bicyclic) bond motifs is 1. The number of carbonyl (C=O) groups excluding carboxylic acids is 4. The van der Waals surface area contributed by atoms with Crippen molar-refractivity contribution in [3.8, 4) is 0 Å². The lowest BCUT2D eigenvalue weighted by Gasteiger charge is -2.44. The third-order valence-corrected chi connectivity index (χ3v) is 9.61. The summed E-state index contributed by atoms with van der Waals surface area (Å²) in [6.07, 6.45) is 2.02. The van der Waals surface area contributed by atoms with Crippen LogP contribution in [0.2, 0.25) is 0 Å². The molecule has 0 aromatic heterocycles. The number of halogens is 1. The zero-order valence-electron chi connectivity index (χ0n) is 25.2. The van der Waals surface area contributed by atoms with Crippen LogP contribution in [0.15, 0.2) is 48.5 Å². The molecule has 3 aliphatic rings. The molecule has 2 aromatic rings. The quantitative estimate of drug-likeness (QED) is 0.422. The van der Waals surface area contributed by atoms with Crippen LogP contribution >= 0.6 is 0 Å². The summed E-state index contributed by atoms with van der Waals surface area (Å²) in [5, 5.41) is 3.15. The van der Waals surface area contributed by atoms with Gasteiger partial charge < -0.3 is 15.0 Å². The van der Waals surface area contributed by atoms with Gasteiger partial charge in [0.05, 0.1) is 35.8 Å². The molecule has 0 aliphatic carbocycles. The van der Waals surface area contributed by atoms with Crippen molar-refractivity contribution in [3.63, 3.8) is 0 Å². The van der Waals surface area contributed by atoms with E-state index in [1.54, 1.807) is 48.2 Å². The van der Waals surface area contributed by atoms with E-state index in [4.69, 9.17) is 4.74 Å². The van der Waals surface area contributed by atoms with Crippen molar-refractivity contribution in [3.05, 3.63) is 71.0 Å². The number of hydrogen-bond acceptors (Lipinski definition) is 6. The third kappa shape index (κ3) is 5.70. The smallest absolute Gasteiger partial charge is 0.262 e. The summed E-state index contributed by atoms with van der Waals surface area (Å²) in [7, 11) is 0. The van der Waals surface area contributed by atoms with Gasteiger partial charge in [0, 0.05) is 32.2 Å². The molecule has 43 heavy (non-hydrogen) atoms. The van der Waals surface area contributed by atoms with E-state index in [0.29, 0.717) is 57.6 Å². The first-order chi connectivity index (χ1) is 20.7. The molecule has 0 spiro atoms. The van der Waals surface area contributed by atoms with Crippen molar-refractivity contribution in [1.29, 1.82) is 0 Å². The summed E-state index contributed by atoms with van der Waals surface area (Å²) < 4.78 is 19.8. The van der Waals surface area contributed by atoms with E-state index in [9.17, 15) is 23.6 Å². The number of ether oxygens (including phenoxy) is 1. The van der Waals surface area contributed by atoms with E-state index >= 15 is 0 Å². The highest BCUT2D eigenvalue weighted by molar-refractivity contribution is 6.22. The van der Waals surface area contributed by atoms with Gasteiger partial charge in [0.25, 0.3) is 11.8 Å². The molecule has 1 N–H and O–H groups in total. The van der Waals surface area contributed by atoms with Crippen molar-refractivity contribution in [2.45, 2.75) is 64.6 Å². The Morgan fingerprint density at radius 3 is 2.26 bits per heavy atom. The molecule has 10 heteroatoms. The molecular weight excluding hydrogens is 551 g/mol. The molecule has 0 saturated carbocycles. The highest BCUT2D eigenvalue weighted by atomic mass is 19.1. The Kier molecular flexibility index (Phi) is 9.27. The number of hydrogen-bond donors (Lipinski definition) is 1. The number of nitrogens with one attached hydrogen (secondary N) is 1. The van der Waals surface area contributed by atoms with Crippen LogP contribution in [0.5, 0.6) is 0 Å². The van der Waals surface area contributed by atoms with Crippen LogP contribution in [-0.2, 0) is 14.3 Å². The van der Waals surface area contributed by atoms with Gasteiger partial charge in [-0.25, -0.2) is 4.39 Å². The van der Waals surface area contributed by atoms with Crippen molar-refractivity contribution in [1.82, 2.24) is 20.0 Å². The Bertz CT molecular complexity index is 1340. The molecule has 4 amide bonds. The number of carbonyl (C=O) groups is 4. The van der Waals surface area contributed by atoms with E-state index in [0.717, 1.165) is 18.0 Å². The summed E-state index contributed by atoms with van der Waals surface area (Å²) in [5.41, 5.74) is 0.245.